The van der Waals surface area contributed by atoms with E-state index in [9.17, 15) is 8.77 Å². The fraction of sp³-hybridized carbons (Fsp3) is 0.667. The Labute approximate surface area is 55.1 Å². The molecule has 0 bridgehead atoms. The van der Waals surface area contributed by atoms with E-state index in [0.717, 1.165) is 0 Å². The summed E-state index contributed by atoms with van der Waals surface area (Å²) in [4.78, 5) is 17.2. The Morgan fingerprint density at radius 3 is 2.33 bits per heavy atom. The molecule has 0 radical (unpaired) electrons. The average Bonchev–Trinajstić information content (AvgIpc) is 2.39. The van der Waals surface area contributed by atoms with E-state index < -0.39 is 13.3 Å². The van der Waals surface area contributed by atoms with Gasteiger partial charge in [0.25, 0.3) is 0 Å². The van der Waals surface area contributed by atoms with E-state index in [1.165, 1.54) is 0 Å². The van der Waals surface area contributed by atoms with Crippen molar-refractivity contribution < 1.29 is 18.6 Å². The smallest absolute Gasteiger partial charge is 0.324 e. The van der Waals surface area contributed by atoms with Crippen molar-refractivity contribution in [3.05, 3.63) is 0 Å². The van der Waals surface area contributed by atoms with Crippen LogP contribution in [0.25, 0.3) is 0 Å². The summed E-state index contributed by atoms with van der Waals surface area (Å²) < 4.78 is 20.2. The van der Waals surface area contributed by atoms with Crippen molar-refractivity contribution in [2.45, 2.75) is 12.1 Å². The summed E-state index contributed by atoms with van der Waals surface area (Å²) in [5.74, 6) is 0. The molecule has 0 heterocycles. The normalized spacial score (nSPS) is 26.0. The topological polar surface area (TPSA) is 74.6 Å². The third-order valence-corrected chi connectivity index (χ3v) is 3.27. The molecule has 0 saturated heterocycles. The highest BCUT2D eigenvalue weighted by molar-refractivity contribution is 7.70. The van der Waals surface area contributed by atoms with Gasteiger partial charge in [0, 0.05) is 11.3 Å². The van der Waals surface area contributed by atoms with E-state index in [-0.39, 0.29) is 11.3 Å². The van der Waals surface area contributed by atoms with Gasteiger partial charge in [-0.25, -0.2) is 4.21 Å². The van der Waals surface area contributed by atoms with E-state index >= 15 is 0 Å². The SMILES string of the molecule is O=S=C1CC1P(=O)(O)O. The van der Waals surface area contributed by atoms with Gasteiger partial charge >= 0.3 is 7.60 Å². The molecule has 52 valence electrons. The molecule has 1 saturated carbocycles. The van der Waals surface area contributed by atoms with Crippen molar-refractivity contribution in [3.63, 3.8) is 0 Å². The van der Waals surface area contributed by atoms with Crippen LogP contribution in [0.4, 0.5) is 0 Å². The van der Waals surface area contributed by atoms with Crippen molar-refractivity contribution in [1.82, 2.24) is 0 Å². The molecule has 2 N–H and O–H groups in total. The zero-order valence-corrected chi connectivity index (χ0v) is 6.06. The van der Waals surface area contributed by atoms with Crippen LogP contribution in [0.5, 0.6) is 0 Å². The summed E-state index contributed by atoms with van der Waals surface area (Å²) in [7, 11) is -3.96. The van der Waals surface area contributed by atoms with E-state index in [1.807, 2.05) is 0 Å². The van der Waals surface area contributed by atoms with Crippen LogP contribution in [-0.4, -0.2) is 24.5 Å². The fourth-order valence-electron chi connectivity index (χ4n) is 0.528. The van der Waals surface area contributed by atoms with Gasteiger partial charge in [-0.1, -0.05) is 0 Å². The third kappa shape index (κ3) is 1.49. The highest BCUT2D eigenvalue weighted by Crippen LogP contribution is 2.51. The molecule has 9 heavy (non-hydrogen) atoms. The van der Waals surface area contributed by atoms with Crippen LogP contribution in [0.1, 0.15) is 6.42 Å². The minimum absolute atomic E-state index is 0.200. The van der Waals surface area contributed by atoms with Crippen LogP contribution in [0.3, 0.4) is 0 Å². The summed E-state index contributed by atoms with van der Waals surface area (Å²) >= 11 is 0.200. The third-order valence-electron chi connectivity index (χ3n) is 1.12. The first kappa shape index (κ1) is 7.15. The largest absolute Gasteiger partial charge is 0.333 e. The van der Waals surface area contributed by atoms with Crippen molar-refractivity contribution in [2.24, 2.45) is 0 Å². The summed E-state index contributed by atoms with van der Waals surface area (Å²) in [6.45, 7) is 0. The van der Waals surface area contributed by atoms with Gasteiger partial charge in [0.1, 0.15) is 0 Å². The van der Waals surface area contributed by atoms with Gasteiger partial charge in [-0.15, -0.1) is 0 Å². The molecular formula is C3H5O4PS. The monoisotopic (exact) mass is 168 g/mol. The molecule has 0 aromatic rings. The van der Waals surface area contributed by atoms with Gasteiger partial charge in [-0.05, 0) is 0 Å². The molecule has 6 heteroatoms. The fourth-order valence-corrected chi connectivity index (χ4v) is 2.35. The van der Waals surface area contributed by atoms with Gasteiger partial charge in [0.2, 0.25) is 0 Å². The summed E-state index contributed by atoms with van der Waals surface area (Å²) in [6, 6.07) is 0. The van der Waals surface area contributed by atoms with E-state index in [4.69, 9.17) is 9.79 Å². The molecular weight excluding hydrogens is 163 g/mol. The molecule has 1 unspecified atom stereocenters. The Balaban J connectivity index is 2.74. The molecule has 4 nitrogen and oxygen atoms in total. The number of hydrogen-bond acceptors (Lipinski definition) is 2. The molecule has 0 amide bonds. The maximum absolute atomic E-state index is 10.3. The van der Waals surface area contributed by atoms with Gasteiger partial charge in [0.05, 0.1) is 16.9 Å². The Morgan fingerprint density at radius 2 is 2.22 bits per heavy atom. The van der Waals surface area contributed by atoms with E-state index in [0.29, 0.717) is 11.3 Å². The van der Waals surface area contributed by atoms with E-state index in [1.54, 1.807) is 0 Å². The minimum atomic E-state index is -3.96. The average molecular weight is 168 g/mol. The van der Waals surface area contributed by atoms with Crippen molar-refractivity contribution >= 4 is 23.7 Å². The van der Waals surface area contributed by atoms with Crippen LogP contribution >= 0.6 is 7.60 Å². The van der Waals surface area contributed by atoms with Crippen molar-refractivity contribution in [1.29, 1.82) is 0 Å². The van der Waals surface area contributed by atoms with Gasteiger partial charge in [0.15, 0.2) is 0 Å². The molecule has 1 atom stereocenters. The Hall–Kier alpha value is 0.0400. The lowest BCUT2D eigenvalue weighted by molar-refractivity contribution is 0.373. The molecule has 1 aliphatic rings. The maximum Gasteiger partial charge on any atom is 0.333 e. The van der Waals surface area contributed by atoms with Crippen LogP contribution in [0.15, 0.2) is 0 Å². The van der Waals surface area contributed by atoms with Crippen LogP contribution < -0.4 is 0 Å². The lowest BCUT2D eigenvalue weighted by Gasteiger charge is -1.94. The number of hydrogen-bond donors (Lipinski definition) is 2. The zero-order chi connectivity index (χ0) is 7.07. The van der Waals surface area contributed by atoms with Gasteiger partial charge in [-0.2, -0.15) is 0 Å². The van der Waals surface area contributed by atoms with Crippen LogP contribution in [0, 0.1) is 0 Å². The van der Waals surface area contributed by atoms with E-state index in [2.05, 4.69) is 0 Å². The second-order valence-corrected chi connectivity index (χ2v) is 4.35. The summed E-state index contributed by atoms with van der Waals surface area (Å²) in [5.41, 5.74) is -0.736. The predicted octanol–water partition coefficient (Wildman–Crippen LogP) is -0.678. The molecule has 1 aliphatic carbocycles. The highest BCUT2D eigenvalue weighted by atomic mass is 32.1. The lowest BCUT2D eigenvalue weighted by atomic mass is 11.0. The Morgan fingerprint density at radius 1 is 1.67 bits per heavy atom. The molecule has 0 aliphatic heterocycles. The first-order chi connectivity index (χ1) is 4.05. The first-order valence-electron chi connectivity index (χ1n) is 2.26. The second-order valence-electron chi connectivity index (χ2n) is 1.86. The molecule has 1 rings (SSSR count). The summed E-state index contributed by atoms with van der Waals surface area (Å²) in [5, 5.41) is 0. The quantitative estimate of drug-likeness (QED) is 0.402. The minimum Gasteiger partial charge on any atom is -0.324 e. The predicted molar refractivity (Wildman–Crippen MR) is 33.6 cm³/mol. The highest BCUT2D eigenvalue weighted by Gasteiger charge is 2.45. The standard InChI is InChI=1S/C3H5O4PS/c4-8(5,6)2-1-3(2)9-7/h2H,1H2,(H2,4,5,6). The van der Waals surface area contributed by atoms with Crippen molar-refractivity contribution in [3.8, 4) is 0 Å². The second kappa shape index (κ2) is 2.02. The summed E-state index contributed by atoms with van der Waals surface area (Å²) in [6.07, 6.45) is 0.290. The van der Waals surface area contributed by atoms with Crippen molar-refractivity contribution in [2.75, 3.05) is 0 Å². The van der Waals surface area contributed by atoms with Crippen LogP contribution in [0.2, 0.25) is 0 Å². The molecule has 0 aromatic heterocycles. The number of rotatable bonds is 1. The molecule has 0 spiro atoms. The first-order valence-corrected chi connectivity index (χ1v) is 4.69. The Bertz CT molecular complexity index is 224. The lowest BCUT2D eigenvalue weighted by Crippen LogP contribution is -1.87. The Kier molecular flexibility index (Phi) is 1.61. The molecule has 0 aromatic carbocycles. The maximum atomic E-state index is 10.3. The molecule has 1 fully saturated rings. The van der Waals surface area contributed by atoms with Gasteiger partial charge in [-0.3, -0.25) is 4.57 Å². The van der Waals surface area contributed by atoms with Gasteiger partial charge < -0.3 is 9.79 Å². The zero-order valence-electron chi connectivity index (χ0n) is 4.35. The van der Waals surface area contributed by atoms with Crippen LogP contribution in [-0.2, 0) is 15.8 Å².